The number of aromatic nitrogens is 3. The molecule has 0 fully saturated rings. The maximum atomic E-state index is 9.49. The second-order valence-corrected chi connectivity index (χ2v) is 3.80. The molecule has 18 heavy (non-hydrogen) atoms. The van der Waals surface area contributed by atoms with E-state index < -0.39 is 6.29 Å². The van der Waals surface area contributed by atoms with Gasteiger partial charge in [0.2, 0.25) is 6.29 Å². The summed E-state index contributed by atoms with van der Waals surface area (Å²) in [4.78, 5) is 7.85. The summed E-state index contributed by atoms with van der Waals surface area (Å²) in [6.07, 6.45) is -0.117. The molecule has 2 rings (SSSR count). The highest BCUT2D eigenvalue weighted by Gasteiger charge is 2.19. The quantitative estimate of drug-likeness (QED) is 0.434. The summed E-state index contributed by atoms with van der Waals surface area (Å²) in [6, 6.07) is 4.60. The van der Waals surface area contributed by atoms with Gasteiger partial charge in [0.25, 0.3) is 0 Å². The predicted octanol–water partition coefficient (Wildman–Crippen LogP) is 0.894. The van der Waals surface area contributed by atoms with Crippen molar-refractivity contribution in [2.24, 2.45) is 0 Å². The molecule has 0 radical (unpaired) electrons. The number of hydrogen-bond donors (Lipinski definition) is 3. The predicted molar refractivity (Wildman–Crippen MR) is 61.0 cm³/mol. The Morgan fingerprint density at radius 1 is 1.50 bits per heavy atom. The molecule has 3 N–H and O–H groups in total. The highest BCUT2D eigenvalue weighted by atomic mass is 35.5. The Balaban J connectivity index is 2.56. The highest BCUT2D eigenvalue weighted by Crippen LogP contribution is 2.23. The van der Waals surface area contributed by atoms with Crippen LogP contribution in [0.1, 0.15) is 17.7 Å². The minimum atomic E-state index is -1.61. The molecule has 0 aliphatic heterocycles. The van der Waals surface area contributed by atoms with Crippen molar-refractivity contribution < 1.29 is 20.4 Å². The lowest BCUT2D eigenvalue weighted by molar-refractivity contribution is -0.340. The van der Waals surface area contributed by atoms with Gasteiger partial charge in [0, 0.05) is 6.20 Å². The largest absolute Gasteiger partial charge is 0.390 e. The number of nitrogens with zero attached hydrogens (tertiary/aromatic N) is 3. The van der Waals surface area contributed by atoms with E-state index in [1.54, 1.807) is 12.1 Å². The lowest BCUT2D eigenvalue weighted by atomic mass is 10.3. The van der Waals surface area contributed by atoms with E-state index in [4.69, 9.17) is 22.0 Å². The average molecular weight is 272 g/mol. The number of halogens is 1. The van der Waals surface area contributed by atoms with Crippen molar-refractivity contribution in [3.05, 3.63) is 40.8 Å². The van der Waals surface area contributed by atoms with Crippen LogP contribution >= 0.6 is 11.6 Å². The van der Waals surface area contributed by atoms with Gasteiger partial charge in [0.05, 0.1) is 17.3 Å². The molecule has 2 aromatic heterocycles. The van der Waals surface area contributed by atoms with Crippen LogP contribution < -0.4 is 0 Å². The van der Waals surface area contributed by atoms with Gasteiger partial charge in [-0.3, -0.25) is 0 Å². The first kappa shape index (κ1) is 12.9. The van der Waals surface area contributed by atoms with E-state index in [0.717, 1.165) is 0 Å². The fourth-order valence-corrected chi connectivity index (χ4v) is 1.66. The lowest BCUT2D eigenvalue weighted by Crippen LogP contribution is -2.10. The molecule has 2 aromatic rings. The molecule has 7 nitrogen and oxygen atoms in total. The molecule has 0 saturated carbocycles. The summed E-state index contributed by atoms with van der Waals surface area (Å²) in [6.45, 7) is -0.331. The van der Waals surface area contributed by atoms with Crippen LogP contribution in [0.15, 0.2) is 24.4 Å². The van der Waals surface area contributed by atoms with E-state index in [9.17, 15) is 5.11 Å². The van der Waals surface area contributed by atoms with E-state index in [1.165, 1.54) is 16.9 Å². The third-order valence-electron chi connectivity index (χ3n) is 2.24. The molecular formula is C10H10ClN3O4. The number of aliphatic hydroxyl groups excluding tert-OH is 2. The van der Waals surface area contributed by atoms with Crippen molar-refractivity contribution in [2.45, 2.75) is 12.9 Å². The minimum absolute atomic E-state index is 0.0992. The monoisotopic (exact) mass is 271 g/mol. The zero-order chi connectivity index (χ0) is 13.1. The van der Waals surface area contributed by atoms with Crippen LogP contribution in [0.3, 0.4) is 0 Å². The molecule has 0 aromatic carbocycles. The summed E-state index contributed by atoms with van der Waals surface area (Å²) in [5, 5.41) is 31.3. The Morgan fingerprint density at radius 3 is 2.89 bits per heavy atom. The Morgan fingerprint density at radius 2 is 2.28 bits per heavy atom. The van der Waals surface area contributed by atoms with E-state index >= 15 is 0 Å². The van der Waals surface area contributed by atoms with Crippen molar-refractivity contribution in [1.29, 1.82) is 0 Å². The molecule has 0 aliphatic carbocycles. The summed E-state index contributed by atoms with van der Waals surface area (Å²) < 4.78 is 1.19. The first-order valence-corrected chi connectivity index (χ1v) is 5.34. The fraction of sp³-hybridized carbons (Fsp3) is 0.200. The first-order valence-electron chi connectivity index (χ1n) is 4.96. The van der Waals surface area contributed by atoms with Crippen LogP contribution in [0, 0.1) is 0 Å². The summed E-state index contributed by atoms with van der Waals surface area (Å²) in [5.41, 5.74) is 0.380. The molecule has 0 bridgehead atoms. The molecule has 2 heterocycles. The van der Waals surface area contributed by atoms with Gasteiger partial charge in [-0.05, 0) is 18.2 Å². The van der Waals surface area contributed by atoms with Gasteiger partial charge in [-0.1, -0.05) is 11.6 Å². The first-order chi connectivity index (χ1) is 8.67. The van der Waals surface area contributed by atoms with Crippen LogP contribution in [0.2, 0.25) is 5.02 Å². The number of rotatable bonds is 4. The summed E-state index contributed by atoms with van der Waals surface area (Å²) in [5.74, 6) is 0.255. The van der Waals surface area contributed by atoms with Crippen LogP contribution in [0.5, 0.6) is 0 Å². The lowest BCUT2D eigenvalue weighted by Gasteiger charge is -2.10. The maximum absolute atomic E-state index is 9.49. The number of aliphatic hydroxyl groups is 2. The average Bonchev–Trinajstić information content (AvgIpc) is 2.82. The van der Waals surface area contributed by atoms with Crippen LogP contribution in [0.25, 0.3) is 5.82 Å². The van der Waals surface area contributed by atoms with Crippen molar-refractivity contribution in [1.82, 2.24) is 14.8 Å². The van der Waals surface area contributed by atoms with Gasteiger partial charge < -0.3 is 10.2 Å². The van der Waals surface area contributed by atoms with Gasteiger partial charge in [0.15, 0.2) is 5.82 Å². The van der Waals surface area contributed by atoms with Crippen molar-refractivity contribution in [3.8, 4) is 5.82 Å². The fourth-order valence-electron chi connectivity index (χ4n) is 1.46. The van der Waals surface area contributed by atoms with Gasteiger partial charge in [-0.15, -0.1) is 0 Å². The number of hydrogen-bond acceptors (Lipinski definition) is 6. The molecule has 8 heteroatoms. The Bertz CT molecular complexity index is 546. The second kappa shape index (κ2) is 5.42. The SMILES string of the molecule is OCc1cc(C(O)OO)n(-c2ncccc2Cl)n1. The Labute approximate surface area is 107 Å². The van der Waals surface area contributed by atoms with Gasteiger partial charge >= 0.3 is 0 Å². The Hall–Kier alpha value is -1.51. The molecule has 0 amide bonds. The molecular weight excluding hydrogens is 262 g/mol. The number of pyridine rings is 1. The summed E-state index contributed by atoms with van der Waals surface area (Å²) >= 11 is 5.96. The van der Waals surface area contributed by atoms with Gasteiger partial charge in [0.1, 0.15) is 5.69 Å². The molecule has 1 unspecified atom stereocenters. The second-order valence-electron chi connectivity index (χ2n) is 3.40. The van der Waals surface area contributed by atoms with Gasteiger partial charge in [-0.2, -0.15) is 5.10 Å². The highest BCUT2D eigenvalue weighted by molar-refractivity contribution is 6.32. The van der Waals surface area contributed by atoms with E-state index in [-0.39, 0.29) is 23.8 Å². The zero-order valence-corrected chi connectivity index (χ0v) is 9.82. The molecule has 0 aliphatic rings. The van der Waals surface area contributed by atoms with Crippen LogP contribution in [-0.2, 0) is 11.5 Å². The topological polar surface area (TPSA) is 101 Å². The third-order valence-corrected chi connectivity index (χ3v) is 2.54. The maximum Gasteiger partial charge on any atom is 0.231 e. The van der Waals surface area contributed by atoms with Crippen LogP contribution in [0.4, 0.5) is 0 Å². The van der Waals surface area contributed by atoms with E-state index in [0.29, 0.717) is 5.02 Å². The summed E-state index contributed by atoms with van der Waals surface area (Å²) in [7, 11) is 0. The van der Waals surface area contributed by atoms with Gasteiger partial charge in [-0.25, -0.2) is 19.8 Å². The minimum Gasteiger partial charge on any atom is -0.390 e. The van der Waals surface area contributed by atoms with Crippen LogP contribution in [-0.4, -0.2) is 30.2 Å². The molecule has 0 saturated heterocycles. The standard InChI is InChI=1S/C10H10ClN3O4/c11-7-2-1-3-12-9(7)14-8(10(16)18-17)4-6(5-15)13-14/h1-4,10,15-17H,5H2. The van der Waals surface area contributed by atoms with E-state index in [1.807, 2.05) is 0 Å². The van der Waals surface area contributed by atoms with Crippen molar-refractivity contribution in [3.63, 3.8) is 0 Å². The van der Waals surface area contributed by atoms with Crippen molar-refractivity contribution in [2.75, 3.05) is 0 Å². The third kappa shape index (κ3) is 2.35. The normalized spacial score (nSPS) is 12.7. The van der Waals surface area contributed by atoms with Crippen molar-refractivity contribution >= 4 is 11.6 Å². The molecule has 96 valence electrons. The molecule has 1 atom stereocenters. The van der Waals surface area contributed by atoms with E-state index in [2.05, 4.69) is 15.0 Å². The smallest absolute Gasteiger partial charge is 0.231 e. The molecule has 0 spiro atoms. The zero-order valence-electron chi connectivity index (χ0n) is 9.06. The Kier molecular flexibility index (Phi) is 3.90.